The lowest BCUT2D eigenvalue weighted by atomic mass is 9.97. The molecule has 158 valence electrons. The van der Waals surface area contributed by atoms with Crippen molar-refractivity contribution in [3.8, 4) is 11.1 Å². The summed E-state index contributed by atoms with van der Waals surface area (Å²) in [6.45, 7) is 4.75. The lowest BCUT2D eigenvalue weighted by molar-refractivity contribution is 0.0597. The lowest BCUT2D eigenvalue weighted by Gasteiger charge is -2.32. The molecule has 2 aromatic carbocycles. The molecule has 1 fully saturated rings. The largest absolute Gasteiger partial charge is 0.465 e. The van der Waals surface area contributed by atoms with E-state index in [1.165, 1.54) is 13.3 Å². The second-order valence-electron chi connectivity index (χ2n) is 7.71. The minimum atomic E-state index is -0.379. The Morgan fingerprint density at radius 3 is 2.60 bits per heavy atom. The summed E-state index contributed by atoms with van der Waals surface area (Å²) < 4.78 is 10.9. The van der Waals surface area contributed by atoms with Crippen molar-refractivity contribution in [1.29, 1.82) is 10.8 Å². The number of hydrogen-bond acceptors (Lipinski definition) is 5. The standard InChI is InChI=1S/C24H29N3O3/c1-17(26)27-8-6-18(7-9-27)15-30-16-20-11-22(13-23(12-20)24(28)29-2)21-5-3-4-19(10-21)14-25/h3-5,10-14,18,25-26H,6-9,15-16H2,1-2H3. The lowest BCUT2D eigenvalue weighted by Crippen LogP contribution is -2.37. The summed E-state index contributed by atoms with van der Waals surface area (Å²) in [5, 5.41) is 15.2. The predicted octanol–water partition coefficient (Wildman–Crippen LogP) is 4.36. The van der Waals surface area contributed by atoms with Gasteiger partial charge in [0.25, 0.3) is 0 Å². The molecule has 2 N–H and O–H groups in total. The number of nitrogens with zero attached hydrogens (tertiary/aromatic N) is 1. The van der Waals surface area contributed by atoms with E-state index in [1.807, 2.05) is 49.4 Å². The number of ether oxygens (including phenoxy) is 2. The van der Waals surface area contributed by atoms with Crippen LogP contribution in [0.2, 0.25) is 0 Å². The fourth-order valence-corrected chi connectivity index (χ4v) is 3.76. The Labute approximate surface area is 177 Å². The Morgan fingerprint density at radius 2 is 1.93 bits per heavy atom. The fraction of sp³-hybridized carbons (Fsp3) is 0.375. The highest BCUT2D eigenvalue weighted by Crippen LogP contribution is 2.25. The van der Waals surface area contributed by atoms with Crippen LogP contribution in [0.4, 0.5) is 0 Å². The highest BCUT2D eigenvalue weighted by molar-refractivity contribution is 5.91. The van der Waals surface area contributed by atoms with Gasteiger partial charge < -0.3 is 19.8 Å². The average Bonchev–Trinajstić information content (AvgIpc) is 2.78. The van der Waals surface area contributed by atoms with E-state index in [9.17, 15) is 4.79 Å². The third-order valence-electron chi connectivity index (χ3n) is 5.51. The molecule has 0 spiro atoms. The molecule has 0 saturated carbocycles. The second kappa shape index (κ2) is 10.2. The Morgan fingerprint density at radius 1 is 1.17 bits per heavy atom. The molecule has 6 heteroatoms. The van der Waals surface area contributed by atoms with Gasteiger partial charge in [-0.15, -0.1) is 0 Å². The smallest absolute Gasteiger partial charge is 0.337 e. The fourth-order valence-electron chi connectivity index (χ4n) is 3.76. The summed E-state index contributed by atoms with van der Waals surface area (Å²) in [5.41, 5.74) is 4.05. The van der Waals surface area contributed by atoms with Gasteiger partial charge in [-0.25, -0.2) is 4.79 Å². The topological polar surface area (TPSA) is 86.5 Å². The van der Waals surface area contributed by atoms with Gasteiger partial charge in [0, 0.05) is 25.9 Å². The zero-order valence-electron chi connectivity index (χ0n) is 17.6. The maximum absolute atomic E-state index is 12.2. The first-order valence-electron chi connectivity index (χ1n) is 10.2. The van der Waals surface area contributed by atoms with E-state index in [0.717, 1.165) is 48.2 Å². The Balaban J connectivity index is 1.70. The zero-order valence-corrected chi connectivity index (χ0v) is 17.6. The average molecular weight is 408 g/mol. The van der Waals surface area contributed by atoms with Gasteiger partial charge in [-0.2, -0.15) is 0 Å². The van der Waals surface area contributed by atoms with Crippen molar-refractivity contribution < 1.29 is 14.3 Å². The number of methoxy groups -OCH3 is 1. The molecule has 0 radical (unpaired) electrons. The van der Waals surface area contributed by atoms with Crippen LogP contribution in [0.15, 0.2) is 42.5 Å². The molecular formula is C24H29N3O3. The van der Waals surface area contributed by atoms with Gasteiger partial charge in [0.1, 0.15) is 0 Å². The van der Waals surface area contributed by atoms with Crippen molar-refractivity contribution in [2.75, 3.05) is 26.8 Å². The maximum atomic E-state index is 12.2. The number of carbonyl (C=O) groups is 1. The Kier molecular flexibility index (Phi) is 7.36. The van der Waals surface area contributed by atoms with Crippen molar-refractivity contribution in [2.45, 2.75) is 26.4 Å². The third kappa shape index (κ3) is 5.54. The molecule has 2 aromatic rings. The number of benzene rings is 2. The molecule has 3 rings (SSSR count). The van der Waals surface area contributed by atoms with E-state index in [1.54, 1.807) is 0 Å². The molecule has 0 bridgehead atoms. The van der Waals surface area contributed by atoms with Crippen LogP contribution in [0.1, 0.15) is 41.3 Å². The summed E-state index contributed by atoms with van der Waals surface area (Å²) >= 11 is 0. The van der Waals surface area contributed by atoms with Crippen LogP contribution in [0, 0.1) is 16.7 Å². The first kappa shape index (κ1) is 21.7. The van der Waals surface area contributed by atoms with Crippen LogP contribution >= 0.6 is 0 Å². The van der Waals surface area contributed by atoms with Gasteiger partial charge in [-0.3, -0.25) is 5.41 Å². The third-order valence-corrected chi connectivity index (χ3v) is 5.51. The molecule has 1 saturated heterocycles. The molecule has 1 aliphatic rings. The number of piperidine rings is 1. The van der Waals surface area contributed by atoms with E-state index in [4.69, 9.17) is 20.3 Å². The van der Waals surface area contributed by atoms with E-state index in [2.05, 4.69) is 4.90 Å². The molecule has 0 aromatic heterocycles. The van der Waals surface area contributed by atoms with Crippen LogP contribution in [0.25, 0.3) is 11.1 Å². The summed E-state index contributed by atoms with van der Waals surface area (Å²) in [4.78, 5) is 14.3. The van der Waals surface area contributed by atoms with Gasteiger partial charge in [0.2, 0.25) is 0 Å². The highest BCUT2D eigenvalue weighted by atomic mass is 16.5. The summed E-state index contributed by atoms with van der Waals surface area (Å²) in [7, 11) is 1.38. The van der Waals surface area contributed by atoms with Gasteiger partial charge in [-0.05, 0) is 72.2 Å². The number of carbonyl (C=O) groups excluding carboxylic acids is 1. The van der Waals surface area contributed by atoms with Gasteiger partial charge in [0.05, 0.1) is 25.1 Å². The molecule has 6 nitrogen and oxygen atoms in total. The van der Waals surface area contributed by atoms with Crippen molar-refractivity contribution in [3.05, 3.63) is 59.2 Å². The highest BCUT2D eigenvalue weighted by Gasteiger charge is 2.19. The van der Waals surface area contributed by atoms with Crippen LogP contribution < -0.4 is 0 Å². The number of hydrogen-bond donors (Lipinski definition) is 2. The normalized spacial score (nSPS) is 14.4. The first-order valence-corrected chi connectivity index (χ1v) is 10.2. The quantitative estimate of drug-likeness (QED) is 0.405. The number of likely N-dealkylation sites (tertiary alicyclic amines) is 1. The minimum absolute atomic E-state index is 0.379. The van der Waals surface area contributed by atoms with Gasteiger partial charge >= 0.3 is 5.97 Å². The van der Waals surface area contributed by atoms with Crippen LogP contribution in [0.5, 0.6) is 0 Å². The van der Waals surface area contributed by atoms with Crippen LogP contribution in [-0.4, -0.2) is 49.7 Å². The monoisotopic (exact) mass is 407 g/mol. The van der Waals surface area contributed by atoms with E-state index >= 15 is 0 Å². The SMILES string of the molecule is COC(=O)c1cc(COCC2CCN(C(C)=N)CC2)cc(-c2cccc(C=N)c2)c1. The van der Waals surface area contributed by atoms with Gasteiger partial charge in [-0.1, -0.05) is 18.2 Å². The second-order valence-corrected chi connectivity index (χ2v) is 7.71. The molecule has 1 heterocycles. The number of amidine groups is 1. The van der Waals surface area contributed by atoms with Crippen LogP contribution in [0.3, 0.4) is 0 Å². The molecular weight excluding hydrogens is 378 g/mol. The maximum Gasteiger partial charge on any atom is 0.337 e. The first-order chi connectivity index (χ1) is 14.5. The molecule has 0 atom stereocenters. The summed E-state index contributed by atoms with van der Waals surface area (Å²) in [6, 6.07) is 13.3. The van der Waals surface area contributed by atoms with Crippen LogP contribution in [-0.2, 0) is 16.1 Å². The molecule has 30 heavy (non-hydrogen) atoms. The van der Waals surface area contributed by atoms with Crippen molar-refractivity contribution in [2.24, 2.45) is 5.92 Å². The number of rotatable bonds is 7. The summed E-state index contributed by atoms with van der Waals surface area (Å²) in [6.07, 6.45) is 3.36. The Bertz CT molecular complexity index is 918. The van der Waals surface area contributed by atoms with E-state index in [0.29, 0.717) is 30.5 Å². The van der Waals surface area contributed by atoms with E-state index < -0.39 is 0 Å². The van der Waals surface area contributed by atoms with Crippen molar-refractivity contribution in [1.82, 2.24) is 4.90 Å². The van der Waals surface area contributed by atoms with Crippen molar-refractivity contribution >= 4 is 18.0 Å². The van der Waals surface area contributed by atoms with Gasteiger partial charge in [0.15, 0.2) is 0 Å². The minimum Gasteiger partial charge on any atom is -0.465 e. The van der Waals surface area contributed by atoms with Crippen molar-refractivity contribution in [3.63, 3.8) is 0 Å². The molecule has 0 unspecified atom stereocenters. The number of esters is 1. The molecule has 0 amide bonds. The predicted molar refractivity (Wildman–Crippen MR) is 118 cm³/mol. The zero-order chi connectivity index (χ0) is 21.5. The number of nitrogens with one attached hydrogen (secondary N) is 2. The summed E-state index contributed by atoms with van der Waals surface area (Å²) in [5.74, 6) is 0.748. The molecule has 1 aliphatic heterocycles. The Hall–Kier alpha value is -2.99. The molecule has 0 aliphatic carbocycles. The van der Waals surface area contributed by atoms with E-state index in [-0.39, 0.29) is 5.97 Å².